The molecule has 6 nitrogen and oxygen atoms in total. The molecule has 0 saturated carbocycles. The highest BCUT2D eigenvalue weighted by Crippen LogP contribution is 2.23. The number of amides is 1. The number of nitrogens with one attached hydrogen (secondary N) is 1. The number of hydrogen-bond acceptors (Lipinski definition) is 4. The SMILES string of the molecule is Cc1nc(C(=O)NCCN2CCCC(C)C2)nn1-c1ccccc1C(C)C. The van der Waals surface area contributed by atoms with Crippen LogP contribution in [0.5, 0.6) is 0 Å². The van der Waals surface area contributed by atoms with Crippen molar-refractivity contribution in [3.63, 3.8) is 0 Å². The van der Waals surface area contributed by atoms with Crippen LogP contribution in [0.4, 0.5) is 0 Å². The highest BCUT2D eigenvalue weighted by atomic mass is 16.2. The third-order valence-corrected chi connectivity index (χ3v) is 5.21. The van der Waals surface area contributed by atoms with Gasteiger partial charge in [0.1, 0.15) is 5.82 Å². The van der Waals surface area contributed by atoms with Gasteiger partial charge in [0, 0.05) is 19.6 Å². The Labute approximate surface area is 162 Å². The van der Waals surface area contributed by atoms with Gasteiger partial charge in [-0.05, 0) is 49.8 Å². The minimum absolute atomic E-state index is 0.205. The lowest BCUT2D eigenvalue weighted by molar-refractivity contribution is 0.0933. The van der Waals surface area contributed by atoms with Crippen LogP contribution >= 0.6 is 0 Å². The van der Waals surface area contributed by atoms with Crippen LogP contribution in [0.2, 0.25) is 0 Å². The van der Waals surface area contributed by atoms with Crippen molar-refractivity contribution in [1.82, 2.24) is 25.0 Å². The van der Waals surface area contributed by atoms with Crippen molar-refractivity contribution < 1.29 is 4.79 Å². The average molecular weight is 370 g/mol. The van der Waals surface area contributed by atoms with E-state index < -0.39 is 0 Å². The fourth-order valence-electron chi connectivity index (χ4n) is 3.78. The molecule has 2 aromatic rings. The standard InChI is InChI=1S/C21H31N5O/c1-15(2)18-9-5-6-10-19(18)26-17(4)23-20(24-26)21(27)22-11-13-25-12-7-8-16(3)14-25/h5-6,9-10,15-16H,7-8,11-14H2,1-4H3,(H,22,27). The van der Waals surface area contributed by atoms with Crippen LogP contribution in [-0.2, 0) is 0 Å². The monoisotopic (exact) mass is 369 g/mol. The lowest BCUT2D eigenvalue weighted by atomic mass is 10.0. The van der Waals surface area contributed by atoms with Gasteiger partial charge in [-0.25, -0.2) is 9.67 Å². The highest BCUT2D eigenvalue weighted by Gasteiger charge is 2.19. The van der Waals surface area contributed by atoms with Gasteiger partial charge >= 0.3 is 0 Å². The van der Waals surface area contributed by atoms with E-state index in [1.54, 1.807) is 4.68 Å². The molecular weight excluding hydrogens is 338 g/mol. The number of para-hydroxylation sites is 1. The van der Waals surface area contributed by atoms with Crippen LogP contribution in [0.1, 0.15) is 61.5 Å². The average Bonchev–Trinajstić information content (AvgIpc) is 3.03. The van der Waals surface area contributed by atoms with Crippen molar-refractivity contribution >= 4 is 5.91 Å². The summed E-state index contributed by atoms with van der Waals surface area (Å²) in [6.45, 7) is 12.2. The smallest absolute Gasteiger partial charge is 0.291 e. The van der Waals surface area contributed by atoms with Crippen molar-refractivity contribution in [2.75, 3.05) is 26.2 Å². The van der Waals surface area contributed by atoms with Gasteiger partial charge in [0.25, 0.3) is 5.91 Å². The maximum atomic E-state index is 12.5. The molecule has 1 unspecified atom stereocenters. The number of hydrogen-bond donors (Lipinski definition) is 1. The topological polar surface area (TPSA) is 63.1 Å². The minimum Gasteiger partial charge on any atom is -0.348 e. The Morgan fingerprint density at radius 2 is 2.11 bits per heavy atom. The molecule has 6 heteroatoms. The van der Waals surface area contributed by atoms with E-state index in [1.165, 1.54) is 18.4 Å². The van der Waals surface area contributed by atoms with Crippen molar-refractivity contribution in [2.45, 2.75) is 46.5 Å². The second-order valence-electron chi connectivity index (χ2n) is 7.91. The van der Waals surface area contributed by atoms with Gasteiger partial charge in [-0.15, -0.1) is 5.10 Å². The normalized spacial score (nSPS) is 18.0. The number of nitrogens with zero attached hydrogens (tertiary/aromatic N) is 4. The van der Waals surface area contributed by atoms with E-state index in [9.17, 15) is 4.79 Å². The zero-order valence-electron chi connectivity index (χ0n) is 16.9. The van der Waals surface area contributed by atoms with Crippen LogP contribution < -0.4 is 5.32 Å². The molecule has 146 valence electrons. The maximum Gasteiger partial charge on any atom is 0.291 e. The number of benzene rings is 1. The van der Waals surface area contributed by atoms with Crippen molar-refractivity contribution in [3.8, 4) is 5.69 Å². The number of carbonyl (C=O) groups excluding carboxylic acids is 1. The zero-order valence-corrected chi connectivity index (χ0v) is 16.9. The summed E-state index contributed by atoms with van der Waals surface area (Å²) in [6.07, 6.45) is 2.55. The molecule has 0 aliphatic carbocycles. The predicted octanol–water partition coefficient (Wildman–Crippen LogP) is 3.16. The quantitative estimate of drug-likeness (QED) is 0.850. The van der Waals surface area contributed by atoms with Crippen molar-refractivity contribution in [1.29, 1.82) is 0 Å². The molecule has 1 aliphatic heterocycles. The van der Waals surface area contributed by atoms with E-state index in [4.69, 9.17) is 0 Å². The molecule has 2 heterocycles. The highest BCUT2D eigenvalue weighted by molar-refractivity contribution is 5.90. The summed E-state index contributed by atoms with van der Waals surface area (Å²) in [7, 11) is 0. The fraction of sp³-hybridized carbons (Fsp3) is 0.571. The summed E-state index contributed by atoms with van der Waals surface area (Å²) in [6, 6.07) is 8.14. The Morgan fingerprint density at radius 3 is 2.85 bits per heavy atom. The number of aromatic nitrogens is 3. The Balaban J connectivity index is 1.65. The van der Waals surface area contributed by atoms with Gasteiger partial charge in [0.2, 0.25) is 5.82 Å². The van der Waals surface area contributed by atoms with Crippen LogP contribution in [-0.4, -0.2) is 51.8 Å². The van der Waals surface area contributed by atoms with Gasteiger partial charge in [0.05, 0.1) is 5.69 Å². The van der Waals surface area contributed by atoms with Gasteiger partial charge < -0.3 is 10.2 Å². The first-order valence-electron chi connectivity index (χ1n) is 9.99. The lowest BCUT2D eigenvalue weighted by Crippen LogP contribution is -2.40. The summed E-state index contributed by atoms with van der Waals surface area (Å²) >= 11 is 0. The molecule has 27 heavy (non-hydrogen) atoms. The molecule has 1 N–H and O–H groups in total. The third-order valence-electron chi connectivity index (χ3n) is 5.21. The summed E-state index contributed by atoms with van der Waals surface area (Å²) in [5, 5.41) is 7.45. The van der Waals surface area contributed by atoms with Gasteiger partial charge in [-0.1, -0.05) is 39.0 Å². The first-order valence-corrected chi connectivity index (χ1v) is 9.99. The van der Waals surface area contributed by atoms with Crippen molar-refractivity contribution in [3.05, 3.63) is 41.5 Å². The molecule has 0 spiro atoms. The Kier molecular flexibility index (Phi) is 6.26. The molecule has 1 fully saturated rings. The maximum absolute atomic E-state index is 12.5. The molecular formula is C21H31N5O. The summed E-state index contributed by atoms with van der Waals surface area (Å²) in [4.78, 5) is 19.3. The van der Waals surface area contributed by atoms with E-state index in [1.807, 2.05) is 25.1 Å². The van der Waals surface area contributed by atoms with Crippen LogP contribution in [0.15, 0.2) is 24.3 Å². The van der Waals surface area contributed by atoms with Gasteiger partial charge in [0.15, 0.2) is 0 Å². The Hall–Kier alpha value is -2.21. The molecule has 3 rings (SSSR count). The van der Waals surface area contributed by atoms with E-state index in [2.05, 4.69) is 47.1 Å². The molecule has 1 aromatic carbocycles. The largest absolute Gasteiger partial charge is 0.348 e. The number of piperidine rings is 1. The van der Waals surface area contributed by atoms with E-state index in [0.29, 0.717) is 12.5 Å². The van der Waals surface area contributed by atoms with Gasteiger partial charge in [-0.3, -0.25) is 4.79 Å². The predicted molar refractivity (Wildman–Crippen MR) is 107 cm³/mol. The molecule has 1 aliphatic rings. The van der Waals surface area contributed by atoms with E-state index in [0.717, 1.165) is 37.1 Å². The number of carbonyl (C=O) groups is 1. The van der Waals surface area contributed by atoms with Gasteiger partial charge in [-0.2, -0.15) is 0 Å². The molecule has 0 bridgehead atoms. The first kappa shape index (κ1) is 19.5. The summed E-state index contributed by atoms with van der Waals surface area (Å²) in [5.74, 6) is 1.87. The second kappa shape index (κ2) is 8.65. The third kappa shape index (κ3) is 4.75. The van der Waals surface area contributed by atoms with E-state index >= 15 is 0 Å². The van der Waals surface area contributed by atoms with Crippen molar-refractivity contribution in [2.24, 2.45) is 5.92 Å². The molecule has 0 radical (unpaired) electrons. The number of aryl methyl sites for hydroxylation is 1. The Bertz CT molecular complexity index is 783. The van der Waals surface area contributed by atoms with Crippen LogP contribution in [0, 0.1) is 12.8 Å². The Morgan fingerprint density at radius 1 is 1.33 bits per heavy atom. The number of likely N-dealkylation sites (tertiary alicyclic amines) is 1. The summed E-state index contributed by atoms with van der Waals surface area (Å²) in [5.41, 5.74) is 2.18. The minimum atomic E-state index is -0.205. The molecule has 1 aromatic heterocycles. The molecule has 1 amide bonds. The zero-order chi connectivity index (χ0) is 19.4. The lowest BCUT2D eigenvalue weighted by Gasteiger charge is -2.30. The number of rotatable bonds is 6. The molecule has 1 saturated heterocycles. The van der Waals surface area contributed by atoms with E-state index in [-0.39, 0.29) is 11.7 Å². The summed E-state index contributed by atoms with van der Waals surface area (Å²) < 4.78 is 1.77. The fourth-order valence-corrected chi connectivity index (χ4v) is 3.78. The molecule has 1 atom stereocenters. The first-order chi connectivity index (χ1) is 13.0. The van der Waals surface area contributed by atoms with Crippen LogP contribution in [0.3, 0.4) is 0 Å². The second-order valence-corrected chi connectivity index (χ2v) is 7.91. The van der Waals surface area contributed by atoms with Crippen LogP contribution in [0.25, 0.3) is 5.69 Å².